The smallest absolute Gasteiger partial charge is 0.327 e. The highest BCUT2D eigenvalue weighted by atomic mass is 19.4. The van der Waals surface area contributed by atoms with Crippen LogP contribution in [0.4, 0.5) is 19.1 Å². The molecule has 0 spiro atoms. The van der Waals surface area contributed by atoms with E-state index >= 15 is 0 Å². The van der Waals surface area contributed by atoms with Crippen molar-refractivity contribution in [3.05, 3.63) is 29.2 Å². The molecule has 1 saturated heterocycles. The summed E-state index contributed by atoms with van der Waals surface area (Å²) in [6, 6.07) is -1.51. The maximum Gasteiger partial charge on any atom is 0.408 e. The fourth-order valence-electron chi connectivity index (χ4n) is 3.55. The van der Waals surface area contributed by atoms with E-state index < -0.39 is 12.2 Å². The molecule has 0 N–H and O–H groups in total. The van der Waals surface area contributed by atoms with Gasteiger partial charge in [-0.1, -0.05) is 0 Å². The Hall–Kier alpha value is -2.72. The lowest BCUT2D eigenvalue weighted by Gasteiger charge is -2.25. The highest BCUT2D eigenvalue weighted by Crippen LogP contribution is 2.34. The van der Waals surface area contributed by atoms with Gasteiger partial charge in [-0.15, -0.1) is 5.10 Å². The van der Waals surface area contributed by atoms with E-state index in [1.807, 2.05) is 13.8 Å². The first-order valence-electron chi connectivity index (χ1n) is 9.15. The lowest BCUT2D eigenvalue weighted by Crippen LogP contribution is -2.41. The minimum absolute atomic E-state index is 0.0784. The normalized spacial score (nSPS) is 17.8. The van der Waals surface area contributed by atoms with Crippen molar-refractivity contribution in [2.24, 2.45) is 7.05 Å². The van der Waals surface area contributed by atoms with Gasteiger partial charge in [0, 0.05) is 32.6 Å². The van der Waals surface area contributed by atoms with E-state index in [9.17, 15) is 13.2 Å². The van der Waals surface area contributed by atoms with Gasteiger partial charge in [-0.25, -0.2) is 9.50 Å². The molecule has 28 heavy (non-hydrogen) atoms. The number of rotatable bonds is 4. The highest BCUT2D eigenvalue weighted by Gasteiger charge is 2.47. The average Bonchev–Trinajstić information content (AvgIpc) is 3.33. The molecule has 150 valence electrons. The third kappa shape index (κ3) is 3.29. The molecule has 1 aliphatic heterocycles. The van der Waals surface area contributed by atoms with Gasteiger partial charge in [-0.2, -0.15) is 23.3 Å². The second-order valence-corrected chi connectivity index (χ2v) is 7.09. The fourth-order valence-corrected chi connectivity index (χ4v) is 3.55. The van der Waals surface area contributed by atoms with Crippen LogP contribution in [0.1, 0.15) is 35.9 Å². The molecule has 1 aliphatic rings. The van der Waals surface area contributed by atoms with Gasteiger partial charge in [0.05, 0.1) is 11.4 Å². The van der Waals surface area contributed by atoms with Crippen molar-refractivity contribution in [1.82, 2.24) is 34.3 Å². The van der Waals surface area contributed by atoms with Crippen LogP contribution < -0.4 is 4.90 Å². The quantitative estimate of drug-likeness (QED) is 0.675. The van der Waals surface area contributed by atoms with Gasteiger partial charge >= 0.3 is 6.18 Å². The summed E-state index contributed by atoms with van der Waals surface area (Å²) in [5, 5.41) is 8.71. The highest BCUT2D eigenvalue weighted by molar-refractivity contribution is 5.43. The van der Waals surface area contributed by atoms with Gasteiger partial charge in [0.25, 0.3) is 0 Å². The Labute approximate surface area is 159 Å². The summed E-state index contributed by atoms with van der Waals surface area (Å²) in [7, 11) is 1.69. The Balaban J connectivity index is 1.52. The van der Waals surface area contributed by atoms with Crippen LogP contribution in [0.3, 0.4) is 0 Å². The van der Waals surface area contributed by atoms with Crippen LogP contribution in [0.25, 0.3) is 5.65 Å². The van der Waals surface area contributed by atoms with Crippen molar-refractivity contribution in [2.75, 3.05) is 11.4 Å². The van der Waals surface area contributed by atoms with Crippen LogP contribution in [0.15, 0.2) is 6.20 Å². The zero-order chi connectivity index (χ0) is 20.1. The van der Waals surface area contributed by atoms with Crippen molar-refractivity contribution in [2.45, 2.75) is 51.7 Å². The Morgan fingerprint density at radius 2 is 1.93 bits per heavy atom. The van der Waals surface area contributed by atoms with Gasteiger partial charge in [-0.3, -0.25) is 9.67 Å². The van der Waals surface area contributed by atoms with Gasteiger partial charge < -0.3 is 4.90 Å². The van der Waals surface area contributed by atoms with E-state index in [2.05, 4.69) is 25.1 Å². The molecular formula is C17H21F3N8. The lowest BCUT2D eigenvalue weighted by molar-refractivity contribution is -0.146. The first kappa shape index (κ1) is 18.6. The van der Waals surface area contributed by atoms with Gasteiger partial charge in [0.15, 0.2) is 11.5 Å². The Bertz CT molecular complexity index is 967. The number of hydrogen-bond acceptors (Lipinski definition) is 6. The van der Waals surface area contributed by atoms with E-state index in [1.54, 1.807) is 17.8 Å². The summed E-state index contributed by atoms with van der Waals surface area (Å²) in [6.07, 6.45) is -0.987. The van der Waals surface area contributed by atoms with Crippen molar-refractivity contribution >= 4 is 11.6 Å². The molecule has 3 aromatic heterocycles. The molecule has 1 unspecified atom stereocenters. The van der Waals surface area contributed by atoms with Gasteiger partial charge in [0.2, 0.25) is 5.95 Å². The first-order chi connectivity index (χ1) is 13.2. The molecule has 4 heterocycles. The molecule has 0 aromatic carbocycles. The molecule has 0 radical (unpaired) electrons. The van der Waals surface area contributed by atoms with Crippen LogP contribution in [-0.4, -0.2) is 53.1 Å². The van der Waals surface area contributed by atoms with Crippen LogP contribution in [0.2, 0.25) is 0 Å². The molecule has 3 aromatic rings. The van der Waals surface area contributed by atoms with Crippen molar-refractivity contribution in [3.8, 4) is 0 Å². The number of fused-ring (bicyclic) bond motifs is 1. The van der Waals surface area contributed by atoms with E-state index in [0.717, 1.165) is 11.4 Å². The Kier molecular flexibility index (Phi) is 4.47. The van der Waals surface area contributed by atoms with Gasteiger partial charge in [0.1, 0.15) is 11.9 Å². The van der Waals surface area contributed by atoms with Gasteiger partial charge in [-0.05, 0) is 26.7 Å². The Morgan fingerprint density at radius 1 is 1.14 bits per heavy atom. The third-order valence-electron chi connectivity index (χ3n) is 5.06. The maximum absolute atomic E-state index is 13.2. The second kappa shape index (κ2) is 6.71. The maximum atomic E-state index is 13.2. The number of aromatic nitrogens is 7. The number of nitrogens with zero attached hydrogens (tertiary/aromatic N) is 8. The van der Waals surface area contributed by atoms with E-state index in [-0.39, 0.29) is 12.4 Å². The van der Waals surface area contributed by atoms with Crippen LogP contribution in [-0.2, 0) is 19.9 Å². The summed E-state index contributed by atoms with van der Waals surface area (Å²) in [4.78, 5) is 14.4. The molecule has 1 atom stereocenters. The zero-order valence-electron chi connectivity index (χ0n) is 15.9. The molecule has 0 amide bonds. The number of alkyl halides is 3. The van der Waals surface area contributed by atoms with Crippen molar-refractivity contribution in [1.29, 1.82) is 0 Å². The molecular weight excluding hydrogens is 373 g/mol. The number of aryl methyl sites for hydroxylation is 5. The molecule has 0 bridgehead atoms. The zero-order valence-corrected chi connectivity index (χ0v) is 15.9. The third-order valence-corrected chi connectivity index (χ3v) is 5.06. The largest absolute Gasteiger partial charge is 0.408 e. The summed E-state index contributed by atoms with van der Waals surface area (Å²) < 4.78 is 42.9. The molecule has 1 fully saturated rings. The first-order valence-corrected chi connectivity index (χ1v) is 9.15. The van der Waals surface area contributed by atoms with E-state index in [4.69, 9.17) is 0 Å². The minimum atomic E-state index is -4.28. The SMILES string of the molecule is Cc1ncc(C)n2nc(CCc3nc(N4CCCC4C(F)(F)F)nn3C)nc12. The van der Waals surface area contributed by atoms with Crippen LogP contribution in [0, 0.1) is 13.8 Å². The predicted molar refractivity (Wildman–Crippen MR) is 95.1 cm³/mol. The minimum Gasteiger partial charge on any atom is -0.327 e. The molecule has 4 rings (SSSR count). The number of anilines is 1. The van der Waals surface area contributed by atoms with Crippen molar-refractivity contribution < 1.29 is 13.2 Å². The number of halogens is 3. The second-order valence-electron chi connectivity index (χ2n) is 7.09. The van der Waals surface area contributed by atoms with E-state index in [0.29, 0.717) is 43.1 Å². The molecule has 0 saturated carbocycles. The fraction of sp³-hybridized carbons (Fsp3) is 0.588. The summed E-state index contributed by atoms with van der Waals surface area (Å²) >= 11 is 0. The Morgan fingerprint density at radius 3 is 2.64 bits per heavy atom. The average molecular weight is 394 g/mol. The topological polar surface area (TPSA) is 77.0 Å². The standard InChI is InChI=1S/C17H21F3N8/c1-10-9-21-11(2)15-22-13(24-28(10)15)6-7-14-23-16(25-26(14)3)27-8-4-5-12(27)17(18,19)20/h9,12H,4-8H2,1-3H3. The summed E-state index contributed by atoms with van der Waals surface area (Å²) in [6.45, 7) is 4.09. The lowest BCUT2D eigenvalue weighted by atomic mass is 10.2. The molecule has 11 heteroatoms. The number of hydrogen-bond donors (Lipinski definition) is 0. The monoisotopic (exact) mass is 394 g/mol. The van der Waals surface area contributed by atoms with E-state index in [1.165, 1.54) is 9.58 Å². The molecule has 8 nitrogen and oxygen atoms in total. The molecule has 0 aliphatic carbocycles. The van der Waals surface area contributed by atoms with Crippen LogP contribution >= 0.6 is 0 Å². The summed E-state index contributed by atoms with van der Waals surface area (Å²) in [5.74, 6) is 1.38. The predicted octanol–water partition coefficient (Wildman–Crippen LogP) is 2.19. The van der Waals surface area contributed by atoms with Crippen LogP contribution in [0.5, 0.6) is 0 Å². The summed E-state index contributed by atoms with van der Waals surface area (Å²) in [5.41, 5.74) is 2.38. The van der Waals surface area contributed by atoms with Crippen molar-refractivity contribution in [3.63, 3.8) is 0 Å².